The second-order valence-corrected chi connectivity index (χ2v) is 14.9. The van der Waals surface area contributed by atoms with Crippen LogP contribution in [0.3, 0.4) is 0 Å². The topological polar surface area (TPSA) is 80.6 Å². The van der Waals surface area contributed by atoms with Crippen LogP contribution in [0.4, 0.5) is 4.79 Å². The number of halogens is 2. The van der Waals surface area contributed by atoms with E-state index in [1.54, 1.807) is 11.1 Å². The largest absolute Gasteiger partial charge is 0.444 e. The lowest BCUT2D eigenvalue weighted by Crippen LogP contribution is -2.57. The van der Waals surface area contributed by atoms with Gasteiger partial charge in [-0.25, -0.2) is 9.78 Å². The van der Waals surface area contributed by atoms with E-state index in [9.17, 15) is 9.59 Å². The lowest BCUT2D eigenvalue weighted by molar-refractivity contribution is -0.141. The molecule has 3 unspecified atom stereocenters. The Morgan fingerprint density at radius 2 is 1.93 bits per heavy atom. The molecule has 2 saturated heterocycles. The summed E-state index contributed by atoms with van der Waals surface area (Å²) >= 11 is 10.1. The fourth-order valence-corrected chi connectivity index (χ4v) is 7.92. The Morgan fingerprint density at radius 3 is 2.70 bits per heavy atom. The molecule has 0 spiro atoms. The number of amides is 2. The van der Waals surface area contributed by atoms with E-state index in [0.29, 0.717) is 32.0 Å². The van der Waals surface area contributed by atoms with E-state index in [-0.39, 0.29) is 17.7 Å². The van der Waals surface area contributed by atoms with Crippen molar-refractivity contribution in [3.63, 3.8) is 0 Å². The molecule has 1 aliphatic carbocycles. The number of imidazole rings is 1. The van der Waals surface area contributed by atoms with Crippen LogP contribution in [0.1, 0.15) is 74.8 Å². The molecule has 0 saturated carbocycles. The number of carbonyl (C=O) groups is 2. The molecule has 1 aromatic carbocycles. The van der Waals surface area contributed by atoms with Gasteiger partial charge in [-0.05, 0) is 122 Å². The standard InChI is InChI=1S/C34H41BrClN5O3/c1-34(2,3)44-33(43)41-13-10-24(17-29(41)32(42)40-12-4-5-22(20-40)19-39-14-11-37-21-39)30-28-9-8-27(36)16-23(28)6-7-25-15-26(35)18-38-31(25)30/h8-9,11,14-16,18,21-22,24,29-30H,4-7,10,12-13,17,19-20H2,1-3H3/t22-,24?,29?,30?/m0/s1. The van der Waals surface area contributed by atoms with Gasteiger partial charge in [0.25, 0.3) is 0 Å². The zero-order valence-corrected chi connectivity index (χ0v) is 28.1. The van der Waals surface area contributed by atoms with E-state index in [1.165, 1.54) is 16.7 Å². The number of aryl methyl sites for hydroxylation is 2. The summed E-state index contributed by atoms with van der Waals surface area (Å²) in [5.41, 5.74) is 4.08. The van der Waals surface area contributed by atoms with E-state index < -0.39 is 17.7 Å². The minimum Gasteiger partial charge on any atom is -0.444 e. The number of nitrogens with zero attached hydrogens (tertiary/aromatic N) is 5. The van der Waals surface area contributed by atoms with Gasteiger partial charge in [0.05, 0.1) is 12.0 Å². The maximum Gasteiger partial charge on any atom is 0.410 e. The summed E-state index contributed by atoms with van der Waals surface area (Å²) in [5, 5.41) is 0.728. The number of piperidine rings is 2. The predicted octanol–water partition coefficient (Wildman–Crippen LogP) is 6.88. The van der Waals surface area contributed by atoms with Crippen molar-refractivity contribution < 1.29 is 14.3 Å². The Labute approximate surface area is 273 Å². The van der Waals surface area contributed by atoms with Gasteiger partial charge in [0, 0.05) is 60.2 Å². The molecular weight excluding hydrogens is 642 g/mol. The number of carbonyl (C=O) groups excluding carboxylic acids is 2. The summed E-state index contributed by atoms with van der Waals surface area (Å²) in [6.07, 6.45) is 12.1. The molecule has 3 aromatic rings. The quantitative estimate of drug-likeness (QED) is 0.300. The van der Waals surface area contributed by atoms with Crippen molar-refractivity contribution >= 4 is 39.5 Å². The molecular formula is C34H41BrClN5O3. The molecule has 4 heterocycles. The summed E-state index contributed by atoms with van der Waals surface area (Å²) in [5.74, 6) is 0.466. The molecule has 44 heavy (non-hydrogen) atoms. The highest BCUT2D eigenvalue weighted by molar-refractivity contribution is 9.10. The maximum absolute atomic E-state index is 14.5. The number of fused-ring (bicyclic) bond motifs is 2. The Bertz CT molecular complexity index is 1450. The van der Waals surface area contributed by atoms with Crippen LogP contribution in [0.2, 0.25) is 5.02 Å². The summed E-state index contributed by atoms with van der Waals surface area (Å²) in [6.45, 7) is 8.26. The number of aromatic nitrogens is 3. The summed E-state index contributed by atoms with van der Waals surface area (Å²) in [4.78, 5) is 40.9. The first-order valence-electron chi connectivity index (χ1n) is 15.7. The van der Waals surface area contributed by atoms with Crippen LogP contribution < -0.4 is 0 Å². The lowest BCUT2D eigenvalue weighted by Gasteiger charge is -2.44. The van der Waals surface area contributed by atoms with E-state index in [1.807, 2.05) is 50.5 Å². The van der Waals surface area contributed by atoms with E-state index in [2.05, 4.69) is 43.7 Å². The molecule has 8 nitrogen and oxygen atoms in total. The van der Waals surface area contributed by atoms with Crippen LogP contribution in [0.5, 0.6) is 0 Å². The highest BCUT2D eigenvalue weighted by Crippen LogP contribution is 2.45. The third-order valence-electron chi connectivity index (χ3n) is 9.25. The first kappa shape index (κ1) is 31.1. The Balaban J connectivity index is 1.32. The summed E-state index contributed by atoms with van der Waals surface area (Å²) in [6, 6.07) is 7.76. The van der Waals surface area contributed by atoms with Crippen molar-refractivity contribution in [1.29, 1.82) is 0 Å². The van der Waals surface area contributed by atoms with Crippen LogP contribution in [0.15, 0.2) is 53.7 Å². The SMILES string of the molecule is CC(C)(C)OC(=O)N1CCC(C2c3ccc(Cl)cc3CCc3cc(Br)cnc32)CC1C(=O)N1CCC[C@@H](Cn2ccnc2)C1. The van der Waals surface area contributed by atoms with Gasteiger partial charge >= 0.3 is 6.09 Å². The minimum absolute atomic E-state index is 0.000650. The highest BCUT2D eigenvalue weighted by Gasteiger charge is 2.44. The third kappa shape index (κ3) is 6.84. The molecule has 6 rings (SSSR count). The third-order valence-corrected chi connectivity index (χ3v) is 9.92. The van der Waals surface area contributed by atoms with Gasteiger partial charge in [-0.3, -0.25) is 14.7 Å². The lowest BCUT2D eigenvalue weighted by atomic mass is 9.74. The number of likely N-dealkylation sites (tertiary alicyclic amines) is 2. The zero-order chi connectivity index (χ0) is 31.0. The second-order valence-electron chi connectivity index (χ2n) is 13.5. The van der Waals surface area contributed by atoms with Crippen LogP contribution in [-0.2, 0) is 28.9 Å². The number of ether oxygens (including phenoxy) is 1. The highest BCUT2D eigenvalue weighted by atomic mass is 79.9. The van der Waals surface area contributed by atoms with Crippen molar-refractivity contribution in [2.75, 3.05) is 19.6 Å². The van der Waals surface area contributed by atoms with Crippen molar-refractivity contribution in [1.82, 2.24) is 24.3 Å². The molecule has 2 aromatic heterocycles. The van der Waals surface area contributed by atoms with Crippen LogP contribution >= 0.6 is 27.5 Å². The maximum atomic E-state index is 14.5. The monoisotopic (exact) mass is 681 g/mol. The molecule has 0 N–H and O–H groups in total. The molecule has 0 bridgehead atoms. The Kier molecular flexibility index (Phi) is 9.07. The van der Waals surface area contributed by atoms with Gasteiger partial charge in [0.15, 0.2) is 0 Å². The van der Waals surface area contributed by atoms with Crippen LogP contribution in [-0.4, -0.2) is 67.6 Å². The molecule has 2 aliphatic heterocycles. The van der Waals surface area contributed by atoms with E-state index in [0.717, 1.165) is 53.8 Å². The number of pyridine rings is 1. The van der Waals surface area contributed by atoms with Crippen molar-refractivity contribution in [2.24, 2.45) is 11.8 Å². The van der Waals surface area contributed by atoms with E-state index >= 15 is 0 Å². The molecule has 10 heteroatoms. The fourth-order valence-electron chi connectivity index (χ4n) is 7.35. The predicted molar refractivity (Wildman–Crippen MR) is 174 cm³/mol. The van der Waals surface area contributed by atoms with Crippen LogP contribution in [0, 0.1) is 11.8 Å². The molecule has 3 aliphatic rings. The van der Waals surface area contributed by atoms with Crippen molar-refractivity contribution in [2.45, 2.75) is 83.4 Å². The van der Waals surface area contributed by atoms with Crippen molar-refractivity contribution in [3.05, 3.63) is 81.1 Å². The zero-order valence-electron chi connectivity index (χ0n) is 25.7. The number of hydrogen-bond donors (Lipinski definition) is 0. The minimum atomic E-state index is -0.654. The first-order valence-corrected chi connectivity index (χ1v) is 16.9. The normalized spacial score (nSPS) is 23.8. The number of hydrogen-bond acceptors (Lipinski definition) is 5. The fraction of sp³-hybridized carbons (Fsp3) is 0.529. The van der Waals surface area contributed by atoms with Gasteiger partial charge < -0.3 is 14.2 Å². The summed E-state index contributed by atoms with van der Waals surface area (Å²) < 4.78 is 8.89. The van der Waals surface area contributed by atoms with Gasteiger partial charge in [0.1, 0.15) is 11.6 Å². The van der Waals surface area contributed by atoms with Gasteiger partial charge in [-0.15, -0.1) is 0 Å². The average molecular weight is 683 g/mol. The van der Waals surface area contributed by atoms with Gasteiger partial charge in [-0.1, -0.05) is 17.7 Å². The molecule has 2 amide bonds. The Morgan fingerprint density at radius 1 is 1.11 bits per heavy atom. The molecule has 234 valence electrons. The molecule has 2 fully saturated rings. The average Bonchev–Trinajstić information content (AvgIpc) is 3.44. The summed E-state index contributed by atoms with van der Waals surface area (Å²) in [7, 11) is 0. The number of benzene rings is 1. The second kappa shape index (κ2) is 12.8. The van der Waals surface area contributed by atoms with Crippen LogP contribution in [0.25, 0.3) is 0 Å². The number of rotatable bonds is 4. The van der Waals surface area contributed by atoms with E-state index in [4.69, 9.17) is 21.3 Å². The first-order chi connectivity index (χ1) is 21.1. The van der Waals surface area contributed by atoms with Gasteiger partial charge in [0.2, 0.25) is 5.91 Å². The Hall–Kier alpha value is -2.91. The van der Waals surface area contributed by atoms with Crippen molar-refractivity contribution in [3.8, 4) is 0 Å². The van der Waals surface area contributed by atoms with Gasteiger partial charge in [-0.2, -0.15) is 0 Å². The smallest absolute Gasteiger partial charge is 0.410 e. The molecule has 0 radical (unpaired) electrons. The molecule has 4 atom stereocenters.